The summed E-state index contributed by atoms with van der Waals surface area (Å²) >= 11 is 0. The van der Waals surface area contributed by atoms with E-state index >= 15 is 0 Å². The molecule has 0 amide bonds. The fourth-order valence-electron chi connectivity index (χ4n) is 3.07. The topological polar surface area (TPSA) is 121 Å². The molecule has 6 heteroatoms. The third kappa shape index (κ3) is 2.36. The zero-order valence-electron chi connectivity index (χ0n) is 12.9. The molecule has 6 nitrogen and oxygen atoms in total. The Bertz CT molecular complexity index is 675. The molecule has 0 bridgehead atoms. The first kappa shape index (κ1) is 16.6. The van der Waals surface area contributed by atoms with Gasteiger partial charge in [-0.2, -0.15) is 0 Å². The third-order valence-corrected chi connectivity index (χ3v) is 4.50. The number of hydrogen-bond donors (Lipinski definition) is 6. The molecule has 0 saturated carbocycles. The van der Waals surface area contributed by atoms with E-state index in [2.05, 4.69) is 0 Å². The first-order valence-electron chi connectivity index (χ1n) is 7.28. The summed E-state index contributed by atoms with van der Waals surface area (Å²) in [5, 5.41) is 59.1. The zero-order valence-corrected chi connectivity index (χ0v) is 12.9. The van der Waals surface area contributed by atoms with Crippen LogP contribution in [0.2, 0.25) is 0 Å². The number of hydrogen-bond acceptors (Lipinski definition) is 6. The summed E-state index contributed by atoms with van der Waals surface area (Å²) in [6.07, 6.45) is 0.859. The normalized spacial score (nSPS) is 11.6. The Morgan fingerprint density at radius 3 is 1.26 bits per heavy atom. The third-order valence-electron chi connectivity index (χ3n) is 4.50. The number of phenolic OH excluding ortho intramolecular Hbond substituents is 6. The molecule has 23 heavy (non-hydrogen) atoms. The van der Waals surface area contributed by atoms with Crippen LogP contribution in [0.25, 0.3) is 0 Å². The molecule has 0 heterocycles. The van der Waals surface area contributed by atoms with E-state index in [1.807, 2.05) is 13.8 Å². The maximum Gasteiger partial charge on any atom is 0.200 e. The van der Waals surface area contributed by atoms with Gasteiger partial charge >= 0.3 is 0 Å². The molecule has 0 aromatic heterocycles. The van der Waals surface area contributed by atoms with Gasteiger partial charge in [-0.1, -0.05) is 26.0 Å². The average Bonchev–Trinajstić information content (AvgIpc) is 2.55. The molecule has 0 aliphatic carbocycles. The van der Waals surface area contributed by atoms with Crippen molar-refractivity contribution in [3.05, 3.63) is 35.4 Å². The minimum atomic E-state index is -0.926. The van der Waals surface area contributed by atoms with Gasteiger partial charge in [0.25, 0.3) is 0 Å². The van der Waals surface area contributed by atoms with E-state index in [1.165, 1.54) is 24.3 Å². The van der Waals surface area contributed by atoms with Gasteiger partial charge in [-0.15, -0.1) is 0 Å². The predicted octanol–water partition coefficient (Wildman–Crippen LogP) is 3.03. The molecule has 2 rings (SSSR count). The molecule has 0 aliphatic heterocycles. The van der Waals surface area contributed by atoms with Crippen molar-refractivity contribution in [3.8, 4) is 34.5 Å². The smallest absolute Gasteiger partial charge is 0.200 e. The molecular formula is C17H20O6. The largest absolute Gasteiger partial charge is 0.504 e. The van der Waals surface area contributed by atoms with Gasteiger partial charge in [0.15, 0.2) is 23.0 Å². The Labute approximate surface area is 133 Å². The molecule has 0 unspecified atom stereocenters. The van der Waals surface area contributed by atoms with Gasteiger partial charge in [0, 0.05) is 16.5 Å². The van der Waals surface area contributed by atoms with Crippen molar-refractivity contribution in [2.45, 2.75) is 32.1 Å². The maximum atomic E-state index is 10.2. The average molecular weight is 320 g/mol. The Kier molecular flexibility index (Phi) is 4.18. The summed E-state index contributed by atoms with van der Waals surface area (Å²) < 4.78 is 0. The van der Waals surface area contributed by atoms with E-state index in [4.69, 9.17) is 0 Å². The van der Waals surface area contributed by atoms with E-state index in [0.29, 0.717) is 24.0 Å². The molecule has 0 saturated heterocycles. The first-order chi connectivity index (χ1) is 10.8. The van der Waals surface area contributed by atoms with Crippen LogP contribution in [0.4, 0.5) is 0 Å². The van der Waals surface area contributed by atoms with Crippen molar-refractivity contribution in [1.29, 1.82) is 0 Å². The minimum absolute atomic E-state index is 0.304. The van der Waals surface area contributed by atoms with Crippen LogP contribution >= 0.6 is 0 Å². The van der Waals surface area contributed by atoms with Crippen LogP contribution in [0.15, 0.2) is 24.3 Å². The number of rotatable bonds is 4. The van der Waals surface area contributed by atoms with Crippen molar-refractivity contribution in [1.82, 2.24) is 0 Å². The molecule has 6 N–H and O–H groups in total. The van der Waals surface area contributed by atoms with Crippen molar-refractivity contribution in [2.75, 3.05) is 0 Å². The summed E-state index contributed by atoms with van der Waals surface area (Å²) in [7, 11) is 0. The lowest BCUT2D eigenvalue weighted by molar-refractivity contribution is 0.340. The summed E-state index contributed by atoms with van der Waals surface area (Å²) in [4.78, 5) is 0. The second-order valence-corrected chi connectivity index (χ2v) is 5.45. The van der Waals surface area contributed by atoms with Gasteiger partial charge < -0.3 is 30.6 Å². The SMILES string of the molecule is CCC(CC)(c1ccc(O)c(O)c1O)c1ccc(O)c(O)c1O. The Hall–Kier alpha value is -2.76. The monoisotopic (exact) mass is 320 g/mol. The first-order valence-corrected chi connectivity index (χ1v) is 7.28. The fraction of sp³-hybridized carbons (Fsp3) is 0.294. The van der Waals surface area contributed by atoms with Crippen LogP contribution in [0.3, 0.4) is 0 Å². The Morgan fingerprint density at radius 1 is 0.609 bits per heavy atom. The van der Waals surface area contributed by atoms with Gasteiger partial charge in [-0.05, 0) is 25.0 Å². The van der Waals surface area contributed by atoms with Crippen LogP contribution in [-0.2, 0) is 5.41 Å². The highest BCUT2D eigenvalue weighted by atomic mass is 16.3. The van der Waals surface area contributed by atoms with Gasteiger partial charge in [0.2, 0.25) is 11.5 Å². The highest BCUT2D eigenvalue weighted by Crippen LogP contribution is 2.52. The van der Waals surface area contributed by atoms with Crippen LogP contribution in [-0.4, -0.2) is 30.6 Å². The van der Waals surface area contributed by atoms with Crippen LogP contribution in [0.1, 0.15) is 37.8 Å². The quantitative estimate of drug-likeness (QED) is 0.482. The predicted molar refractivity (Wildman–Crippen MR) is 84.2 cm³/mol. The summed E-state index contributed by atoms with van der Waals surface area (Å²) in [5.74, 6) is -3.16. The van der Waals surface area contributed by atoms with Gasteiger partial charge in [0.05, 0.1) is 0 Å². The van der Waals surface area contributed by atoms with E-state index in [9.17, 15) is 30.6 Å². The molecule has 2 aromatic carbocycles. The summed E-state index contributed by atoms with van der Waals surface area (Å²) in [6, 6.07) is 5.42. The van der Waals surface area contributed by atoms with Crippen LogP contribution in [0, 0.1) is 0 Å². The molecule has 0 atom stereocenters. The van der Waals surface area contributed by atoms with Crippen molar-refractivity contribution < 1.29 is 30.6 Å². The lowest BCUT2D eigenvalue weighted by Crippen LogP contribution is -2.26. The maximum absolute atomic E-state index is 10.2. The molecule has 0 aliphatic rings. The number of benzene rings is 2. The second kappa shape index (κ2) is 5.79. The van der Waals surface area contributed by atoms with Crippen LogP contribution < -0.4 is 0 Å². The molecule has 0 fully saturated rings. The summed E-state index contributed by atoms with van der Waals surface area (Å²) in [5.41, 5.74) is -0.318. The van der Waals surface area contributed by atoms with Gasteiger partial charge in [0.1, 0.15) is 0 Å². The van der Waals surface area contributed by atoms with E-state index in [1.54, 1.807) is 0 Å². The van der Waals surface area contributed by atoms with Crippen LogP contribution in [0.5, 0.6) is 34.5 Å². The van der Waals surface area contributed by atoms with Crippen molar-refractivity contribution >= 4 is 0 Å². The van der Waals surface area contributed by atoms with E-state index in [0.717, 1.165) is 0 Å². The highest BCUT2D eigenvalue weighted by molar-refractivity contribution is 5.63. The fourth-order valence-corrected chi connectivity index (χ4v) is 3.07. The lowest BCUT2D eigenvalue weighted by Gasteiger charge is -2.34. The molecule has 0 radical (unpaired) electrons. The molecule has 124 valence electrons. The Balaban J connectivity index is 2.81. The van der Waals surface area contributed by atoms with Gasteiger partial charge in [-0.25, -0.2) is 0 Å². The Morgan fingerprint density at radius 2 is 0.957 bits per heavy atom. The van der Waals surface area contributed by atoms with Crippen molar-refractivity contribution in [3.63, 3.8) is 0 Å². The van der Waals surface area contributed by atoms with Crippen molar-refractivity contribution in [2.24, 2.45) is 0 Å². The summed E-state index contributed by atoms with van der Waals surface area (Å²) in [6.45, 7) is 3.66. The molecule has 2 aromatic rings. The lowest BCUT2D eigenvalue weighted by atomic mass is 9.69. The highest BCUT2D eigenvalue weighted by Gasteiger charge is 2.37. The molecular weight excluding hydrogens is 300 g/mol. The number of phenols is 6. The zero-order chi connectivity index (χ0) is 17.4. The van der Waals surface area contributed by atoms with Gasteiger partial charge in [-0.3, -0.25) is 0 Å². The standard InChI is InChI=1S/C17H20O6/c1-3-17(4-2,9-5-7-11(18)15(22)13(9)20)10-6-8-12(19)16(23)14(10)21/h5-8,18-23H,3-4H2,1-2H3. The van der Waals surface area contributed by atoms with E-state index in [-0.39, 0.29) is 0 Å². The molecule has 0 spiro atoms. The van der Waals surface area contributed by atoms with E-state index < -0.39 is 39.9 Å². The minimum Gasteiger partial charge on any atom is -0.504 e. The second-order valence-electron chi connectivity index (χ2n) is 5.45. The number of aromatic hydroxyl groups is 6.